The Morgan fingerprint density at radius 2 is 1.82 bits per heavy atom. The van der Waals surface area contributed by atoms with Crippen LogP contribution < -0.4 is 14.4 Å². The van der Waals surface area contributed by atoms with Crippen molar-refractivity contribution in [2.24, 2.45) is 0 Å². The van der Waals surface area contributed by atoms with E-state index in [4.69, 9.17) is 9.47 Å². The predicted molar refractivity (Wildman–Crippen MR) is 109 cm³/mol. The molecule has 1 heterocycles. The molecule has 0 aliphatic rings. The van der Waals surface area contributed by atoms with Gasteiger partial charge >= 0.3 is 0 Å². The van der Waals surface area contributed by atoms with Crippen molar-refractivity contribution in [1.82, 2.24) is 9.88 Å². The average molecular weight is 403 g/mol. The van der Waals surface area contributed by atoms with E-state index in [0.717, 1.165) is 4.70 Å². The maximum atomic E-state index is 13.6. The normalized spacial score (nSPS) is 11.1. The van der Waals surface area contributed by atoms with Gasteiger partial charge in [0.1, 0.15) is 5.82 Å². The Balaban J connectivity index is 2.03. The number of rotatable bonds is 7. The summed E-state index contributed by atoms with van der Waals surface area (Å²) in [5, 5.41) is 0.543. The number of aromatic nitrogens is 1. The predicted octanol–water partition coefficient (Wildman–Crippen LogP) is 3.66. The van der Waals surface area contributed by atoms with Crippen molar-refractivity contribution < 1.29 is 18.7 Å². The summed E-state index contributed by atoms with van der Waals surface area (Å²) in [6.45, 7) is 1.07. The monoisotopic (exact) mass is 403 g/mol. The second kappa shape index (κ2) is 8.53. The highest BCUT2D eigenvalue weighted by Gasteiger charge is 2.22. The van der Waals surface area contributed by atoms with Crippen LogP contribution in [0.15, 0.2) is 36.4 Å². The van der Waals surface area contributed by atoms with Crippen LogP contribution in [-0.2, 0) is 0 Å². The topological polar surface area (TPSA) is 54.9 Å². The van der Waals surface area contributed by atoms with Crippen LogP contribution in [0.25, 0.3) is 10.2 Å². The fraction of sp³-hybridized carbons (Fsp3) is 0.300. The highest BCUT2D eigenvalue weighted by atomic mass is 32.1. The molecule has 1 aromatic heterocycles. The standard InChI is InChI=1S/C20H22FN3O3S/c1-23(2)8-9-24(19(25)13-6-5-7-14(21)10-13)20-22-15-11-16(26-3)17(27-4)12-18(15)28-20/h5-7,10-12H,8-9H2,1-4H3. The van der Waals surface area contributed by atoms with Crippen LogP contribution in [0.5, 0.6) is 11.5 Å². The zero-order valence-electron chi connectivity index (χ0n) is 16.2. The third-order valence-corrected chi connectivity index (χ3v) is 5.24. The lowest BCUT2D eigenvalue weighted by Gasteiger charge is -2.22. The molecule has 0 unspecified atom stereocenters. The zero-order valence-corrected chi connectivity index (χ0v) is 17.0. The van der Waals surface area contributed by atoms with Gasteiger partial charge in [-0.2, -0.15) is 0 Å². The summed E-state index contributed by atoms with van der Waals surface area (Å²) >= 11 is 1.38. The molecule has 0 aliphatic heterocycles. The van der Waals surface area contributed by atoms with Crippen molar-refractivity contribution in [1.29, 1.82) is 0 Å². The Hall–Kier alpha value is -2.71. The van der Waals surface area contributed by atoms with Crippen LogP contribution in [0.1, 0.15) is 10.4 Å². The van der Waals surface area contributed by atoms with E-state index in [2.05, 4.69) is 4.98 Å². The van der Waals surface area contributed by atoms with Crippen LogP contribution in [-0.4, -0.2) is 57.2 Å². The van der Waals surface area contributed by atoms with Gasteiger partial charge in [-0.1, -0.05) is 17.4 Å². The number of fused-ring (bicyclic) bond motifs is 1. The lowest BCUT2D eigenvalue weighted by molar-refractivity contribution is 0.0984. The Labute approximate surface area is 167 Å². The molecule has 0 N–H and O–H groups in total. The number of hydrogen-bond acceptors (Lipinski definition) is 6. The smallest absolute Gasteiger partial charge is 0.260 e. The van der Waals surface area contributed by atoms with E-state index in [9.17, 15) is 9.18 Å². The highest BCUT2D eigenvalue weighted by Crippen LogP contribution is 2.37. The van der Waals surface area contributed by atoms with E-state index < -0.39 is 5.82 Å². The minimum absolute atomic E-state index is 0.285. The summed E-state index contributed by atoms with van der Waals surface area (Å²) in [5.41, 5.74) is 0.993. The second-order valence-corrected chi connectivity index (χ2v) is 7.45. The number of methoxy groups -OCH3 is 2. The van der Waals surface area contributed by atoms with Crippen LogP contribution in [0.4, 0.5) is 9.52 Å². The first-order valence-corrected chi connectivity index (χ1v) is 9.49. The fourth-order valence-corrected chi connectivity index (χ4v) is 3.72. The van der Waals surface area contributed by atoms with Crippen LogP contribution in [0.3, 0.4) is 0 Å². The number of benzene rings is 2. The molecule has 0 bridgehead atoms. The Bertz CT molecular complexity index is 949. The summed E-state index contributed by atoms with van der Waals surface area (Å²) in [6, 6.07) is 9.31. The van der Waals surface area contributed by atoms with Crippen molar-refractivity contribution >= 4 is 32.6 Å². The van der Waals surface area contributed by atoms with Crippen LogP contribution >= 0.6 is 11.3 Å². The van der Waals surface area contributed by atoms with Gasteiger partial charge in [0, 0.05) is 30.8 Å². The summed E-state index contributed by atoms with van der Waals surface area (Å²) < 4.78 is 25.2. The van der Waals surface area contributed by atoms with Gasteiger partial charge in [0.2, 0.25) is 0 Å². The molecule has 1 amide bonds. The summed E-state index contributed by atoms with van der Waals surface area (Å²) in [6.07, 6.45) is 0. The number of hydrogen-bond donors (Lipinski definition) is 0. The van der Waals surface area contributed by atoms with Gasteiger partial charge in [-0.05, 0) is 32.3 Å². The number of carbonyl (C=O) groups is 1. The molecule has 8 heteroatoms. The summed E-state index contributed by atoms with van der Waals surface area (Å²) in [5.74, 6) is 0.432. The SMILES string of the molecule is COc1cc2nc(N(CCN(C)C)C(=O)c3cccc(F)c3)sc2cc1OC. The van der Waals surface area contributed by atoms with Gasteiger partial charge in [-0.3, -0.25) is 9.69 Å². The van der Waals surface area contributed by atoms with Gasteiger partial charge < -0.3 is 14.4 Å². The van der Waals surface area contributed by atoms with E-state index in [-0.39, 0.29) is 11.5 Å². The molecule has 3 rings (SSSR count). The number of carbonyl (C=O) groups excluding carboxylic acids is 1. The fourth-order valence-electron chi connectivity index (χ4n) is 2.72. The minimum atomic E-state index is -0.447. The molecule has 0 saturated heterocycles. The van der Waals surface area contributed by atoms with Gasteiger partial charge in [0.05, 0.1) is 24.4 Å². The third kappa shape index (κ3) is 4.23. The molecule has 0 spiro atoms. The number of amides is 1. The molecule has 0 aliphatic carbocycles. The molecule has 0 radical (unpaired) electrons. The van der Waals surface area contributed by atoms with Gasteiger partial charge in [0.15, 0.2) is 16.6 Å². The molecular formula is C20H22FN3O3S. The average Bonchev–Trinajstić information content (AvgIpc) is 3.08. The van der Waals surface area contributed by atoms with Crippen molar-refractivity contribution in [3.8, 4) is 11.5 Å². The van der Waals surface area contributed by atoms with Gasteiger partial charge in [-0.15, -0.1) is 0 Å². The van der Waals surface area contributed by atoms with E-state index >= 15 is 0 Å². The highest BCUT2D eigenvalue weighted by molar-refractivity contribution is 7.22. The second-order valence-electron chi connectivity index (χ2n) is 6.44. The molecule has 0 fully saturated rings. The number of halogens is 1. The lowest BCUT2D eigenvalue weighted by Crippen LogP contribution is -2.36. The van der Waals surface area contributed by atoms with Gasteiger partial charge in [-0.25, -0.2) is 9.37 Å². The molecule has 2 aromatic carbocycles. The molecular weight excluding hydrogens is 381 g/mol. The number of anilines is 1. The number of nitrogens with zero attached hydrogens (tertiary/aromatic N) is 3. The van der Waals surface area contributed by atoms with E-state index in [1.807, 2.05) is 25.1 Å². The van der Waals surface area contributed by atoms with Crippen molar-refractivity contribution in [2.75, 3.05) is 46.3 Å². The van der Waals surface area contributed by atoms with Gasteiger partial charge in [0.25, 0.3) is 5.91 Å². The maximum absolute atomic E-state index is 13.6. The Morgan fingerprint density at radius 1 is 1.11 bits per heavy atom. The van der Waals surface area contributed by atoms with E-state index in [1.54, 1.807) is 31.3 Å². The van der Waals surface area contributed by atoms with Crippen molar-refractivity contribution in [2.45, 2.75) is 0 Å². The molecule has 0 saturated carbocycles. The van der Waals surface area contributed by atoms with Crippen LogP contribution in [0, 0.1) is 5.82 Å². The molecule has 3 aromatic rings. The number of likely N-dealkylation sites (N-methyl/N-ethyl adjacent to an activating group) is 1. The number of thiazole rings is 1. The summed E-state index contributed by atoms with van der Waals surface area (Å²) in [7, 11) is 6.99. The third-order valence-electron chi connectivity index (χ3n) is 4.20. The van der Waals surface area contributed by atoms with E-state index in [1.165, 1.54) is 29.5 Å². The largest absolute Gasteiger partial charge is 0.493 e. The first-order valence-electron chi connectivity index (χ1n) is 8.67. The minimum Gasteiger partial charge on any atom is -0.493 e. The molecule has 28 heavy (non-hydrogen) atoms. The molecule has 0 atom stereocenters. The Morgan fingerprint density at radius 3 is 2.46 bits per heavy atom. The quantitative estimate of drug-likeness (QED) is 0.603. The maximum Gasteiger partial charge on any atom is 0.260 e. The molecule has 148 valence electrons. The Kier molecular flexibility index (Phi) is 6.11. The van der Waals surface area contributed by atoms with Crippen molar-refractivity contribution in [3.63, 3.8) is 0 Å². The zero-order chi connectivity index (χ0) is 20.3. The lowest BCUT2D eigenvalue weighted by atomic mass is 10.2. The van der Waals surface area contributed by atoms with Crippen molar-refractivity contribution in [3.05, 3.63) is 47.8 Å². The first kappa shape index (κ1) is 20.0. The molecule has 6 nitrogen and oxygen atoms in total. The first-order chi connectivity index (χ1) is 13.4. The summed E-state index contributed by atoms with van der Waals surface area (Å²) in [4.78, 5) is 21.3. The van der Waals surface area contributed by atoms with E-state index in [0.29, 0.717) is 35.2 Å². The van der Waals surface area contributed by atoms with Crippen LogP contribution in [0.2, 0.25) is 0 Å². The number of ether oxygens (including phenoxy) is 2.